The van der Waals surface area contributed by atoms with E-state index in [9.17, 15) is 4.39 Å². The van der Waals surface area contributed by atoms with E-state index in [2.05, 4.69) is 5.10 Å². The lowest BCUT2D eigenvalue weighted by Crippen LogP contribution is -1.95. The van der Waals surface area contributed by atoms with Crippen molar-refractivity contribution in [2.75, 3.05) is 5.73 Å². The Kier molecular flexibility index (Phi) is 2.75. The van der Waals surface area contributed by atoms with E-state index in [0.29, 0.717) is 11.5 Å². The molecule has 2 N–H and O–H groups in total. The molecule has 0 saturated heterocycles. The molecular formula is C12H14FN3O. The molecule has 0 amide bonds. The largest absolute Gasteiger partial charge is 0.451 e. The highest BCUT2D eigenvalue weighted by molar-refractivity contribution is 5.54. The highest BCUT2D eigenvalue weighted by atomic mass is 19.1. The van der Waals surface area contributed by atoms with Crippen LogP contribution in [0, 0.1) is 19.7 Å². The summed E-state index contributed by atoms with van der Waals surface area (Å²) >= 11 is 0. The summed E-state index contributed by atoms with van der Waals surface area (Å²) < 4.78 is 20.3. The minimum atomic E-state index is -0.380. The summed E-state index contributed by atoms with van der Waals surface area (Å²) in [6.45, 7) is 3.75. The van der Waals surface area contributed by atoms with Crippen molar-refractivity contribution in [3.8, 4) is 11.5 Å². The molecule has 4 nitrogen and oxygen atoms in total. The molecule has 0 aliphatic rings. The zero-order valence-corrected chi connectivity index (χ0v) is 9.99. The number of nitrogen functional groups attached to an aromatic ring is 1. The lowest BCUT2D eigenvalue weighted by Gasteiger charge is -2.08. The third-order valence-electron chi connectivity index (χ3n) is 2.63. The maximum absolute atomic E-state index is 12.9. The molecule has 0 spiro atoms. The van der Waals surface area contributed by atoms with Gasteiger partial charge in [0.25, 0.3) is 0 Å². The van der Waals surface area contributed by atoms with E-state index >= 15 is 0 Å². The molecule has 0 radical (unpaired) electrons. The number of nitrogens with two attached hydrogens (primary N) is 1. The fourth-order valence-corrected chi connectivity index (χ4v) is 1.62. The zero-order valence-electron chi connectivity index (χ0n) is 9.99. The average molecular weight is 235 g/mol. The van der Waals surface area contributed by atoms with Crippen LogP contribution in [0.5, 0.6) is 11.5 Å². The van der Waals surface area contributed by atoms with Gasteiger partial charge in [0.2, 0.25) is 0 Å². The van der Waals surface area contributed by atoms with E-state index in [1.807, 2.05) is 20.9 Å². The van der Waals surface area contributed by atoms with Crippen molar-refractivity contribution in [2.24, 2.45) is 7.05 Å². The first-order valence-corrected chi connectivity index (χ1v) is 5.22. The molecular weight excluding hydrogens is 221 g/mol. The van der Waals surface area contributed by atoms with Gasteiger partial charge in [-0.2, -0.15) is 5.10 Å². The van der Waals surface area contributed by atoms with Crippen molar-refractivity contribution < 1.29 is 9.13 Å². The van der Waals surface area contributed by atoms with Crippen LogP contribution >= 0.6 is 0 Å². The topological polar surface area (TPSA) is 53.1 Å². The van der Waals surface area contributed by atoms with Gasteiger partial charge in [-0.1, -0.05) is 0 Å². The Morgan fingerprint density at radius 2 is 2.06 bits per heavy atom. The van der Waals surface area contributed by atoms with Crippen LogP contribution in [0.4, 0.5) is 10.1 Å². The molecule has 0 fully saturated rings. The Hall–Kier alpha value is -2.04. The fraction of sp³-hybridized carbons (Fsp3) is 0.250. The second kappa shape index (κ2) is 4.08. The van der Waals surface area contributed by atoms with E-state index in [4.69, 9.17) is 10.5 Å². The van der Waals surface area contributed by atoms with Crippen LogP contribution in [0.1, 0.15) is 11.4 Å². The van der Waals surface area contributed by atoms with Crippen LogP contribution in [-0.4, -0.2) is 9.78 Å². The quantitative estimate of drug-likeness (QED) is 0.814. The number of ether oxygens (including phenoxy) is 1. The lowest BCUT2D eigenvalue weighted by molar-refractivity contribution is 0.475. The summed E-state index contributed by atoms with van der Waals surface area (Å²) in [5.41, 5.74) is 7.62. The molecule has 5 heteroatoms. The highest BCUT2D eigenvalue weighted by Gasteiger charge is 2.13. The minimum absolute atomic E-state index is 0.271. The van der Waals surface area contributed by atoms with Gasteiger partial charge in [0.05, 0.1) is 11.4 Å². The maximum Gasteiger partial charge on any atom is 0.171 e. The highest BCUT2D eigenvalue weighted by Crippen LogP contribution is 2.31. The molecule has 0 bridgehead atoms. The molecule has 0 atom stereocenters. The monoisotopic (exact) mass is 235 g/mol. The summed E-state index contributed by atoms with van der Waals surface area (Å²) in [7, 11) is 1.84. The van der Waals surface area contributed by atoms with E-state index in [1.54, 1.807) is 4.68 Å². The summed E-state index contributed by atoms with van der Waals surface area (Å²) in [5.74, 6) is 0.714. The smallest absolute Gasteiger partial charge is 0.171 e. The molecule has 1 aromatic heterocycles. The van der Waals surface area contributed by atoms with Gasteiger partial charge in [0.15, 0.2) is 11.5 Å². The predicted octanol–water partition coefficient (Wildman–Crippen LogP) is 2.55. The summed E-state index contributed by atoms with van der Waals surface area (Å²) in [6, 6.07) is 4.06. The van der Waals surface area contributed by atoms with Crippen LogP contribution in [0.3, 0.4) is 0 Å². The molecule has 2 aromatic rings. The third-order valence-corrected chi connectivity index (χ3v) is 2.63. The van der Waals surface area contributed by atoms with E-state index in [-0.39, 0.29) is 11.5 Å². The van der Waals surface area contributed by atoms with Gasteiger partial charge in [-0.3, -0.25) is 4.68 Å². The van der Waals surface area contributed by atoms with Gasteiger partial charge in [0.1, 0.15) is 11.5 Å². The number of hydrogen-bond acceptors (Lipinski definition) is 3. The average Bonchev–Trinajstić information content (AvgIpc) is 2.48. The first kappa shape index (κ1) is 11.4. The fourth-order valence-electron chi connectivity index (χ4n) is 1.62. The van der Waals surface area contributed by atoms with Gasteiger partial charge in [-0.05, 0) is 26.0 Å². The molecule has 1 aromatic carbocycles. The van der Waals surface area contributed by atoms with Gasteiger partial charge >= 0.3 is 0 Å². The Labute approximate surface area is 98.8 Å². The van der Waals surface area contributed by atoms with Crippen molar-refractivity contribution in [1.82, 2.24) is 9.78 Å². The van der Waals surface area contributed by atoms with E-state index in [1.165, 1.54) is 18.2 Å². The Morgan fingerprint density at radius 3 is 2.59 bits per heavy atom. The lowest BCUT2D eigenvalue weighted by atomic mass is 10.3. The van der Waals surface area contributed by atoms with Crippen molar-refractivity contribution in [3.63, 3.8) is 0 Å². The number of rotatable bonds is 2. The van der Waals surface area contributed by atoms with Crippen LogP contribution in [-0.2, 0) is 7.05 Å². The van der Waals surface area contributed by atoms with Crippen LogP contribution in [0.15, 0.2) is 18.2 Å². The number of aryl methyl sites for hydroxylation is 2. The number of aromatic nitrogens is 2. The molecule has 0 unspecified atom stereocenters. The Balaban J connectivity index is 2.38. The molecule has 0 aliphatic carbocycles. The molecule has 90 valence electrons. The van der Waals surface area contributed by atoms with Crippen molar-refractivity contribution in [3.05, 3.63) is 35.4 Å². The van der Waals surface area contributed by atoms with Crippen molar-refractivity contribution in [1.29, 1.82) is 0 Å². The molecule has 1 heterocycles. The maximum atomic E-state index is 12.9. The third kappa shape index (κ3) is 2.08. The number of halogens is 1. The Bertz CT molecular complexity index is 563. The van der Waals surface area contributed by atoms with Crippen LogP contribution in [0.2, 0.25) is 0 Å². The zero-order chi connectivity index (χ0) is 12.6. The minimum Gasteiger partial charge on any atom is -0.451 e. The second-order valence-electron chi connectivity index (χ2n) is 3.91. The predicted molar refractivity (Wildman–Crippen MR) is 63.6 cm³/mol. The van der Waals surface area contributed by atoms with Gasteiger partial charge in [0, 0.05) is 13.1 Å². The van der Waals surface area contributed by atoms with Crippen LogP contribution < -0.4 is 10.5 Å². The SMILES string of the molecule is Cc1nn(C)c(C)c1Oc1ccc(F)cc1N. The van der Waals surface area contributed by atoms with Crippen molar-refractivity contribution >= 4 is 5.69 Å². The van der Waals surface area contributed by atoms with Gasteiger partial charge in [-0.15, -0.1) is 0 Å². The standard InChI is InChI=1S/C12H14FN3O/c1-7-12(8(2)16(3)15-7)17-11-5-4-9(13)6-10(11)14/h4-6H,14H2,1-3H3. The molecule has 17 heavy (non-hydrogen) atoms. The second-order valence-corrected chi connectivity index (χ2v) is 3.91. The molecule has 0 aliphatic heterocycles. The number of hydrogen-bond donors (Lipinski definition) is 1. The normalized spacial score (nSPS) is 10.6. The summed E-state index contributed by atoms with van der Waals surface area (Å²) in [6.07, 6.45) is 0. The number of nitrogens with zero attached hydrogens (tertiary/aromatic N) is 2. The summed E-state index contributed by atoms with van der Waals surface area (Å²) in [5, 5.41) is 4.23. The van der Waals surface area contributed by atoms with Crippen LogP contribution in [0.25, 0.3) is 0 Å². The number of anilines is 1. The van der Waals surface area contributed by atoms with Gasteiger partial charge < -0.3 is 10.5 Å². The summed E-state index contributed by atoms with van der Waals surface area (Å²) in [4.78, 5) is 0. The van der Waals surface area contributed by atoms with Gasteiger partial charge in [-0.25, -0.2) is 4.39 Å². The first-order chi connectivity index (χ1) is 7.99. The van der Waals surface area contributed by atoms with E-state index < -0.39 is 0 Å². The molecule has 2 rings (SSSR count). The van der Waals surface area contributed by atoms with Crippen molar-refractivity contribution in [2.45, 2.75) is 13.8 Å². The first-order valence-electron chi connectivity index (χ1n) is 5.22. The van der Waals surface area contributed by atoms with E-state index in [0.717, 1.165) is 11.4 Å². The Morgan fingerprint density at radius 1 is 1.35 bits per heavy atom. The molecule has 0 saturated carbocycles. The number of benzene rings is 1.